The van der Waals surface area contributed by atoms with E-state index in [-0.39, 0.29) is 12.4 Å². The van der Waals surface area contributed by atoms with E-state index in [1.807, 2.05) is 19.1 Å². The van der Waals surface area contributed by atoms with Crippen LogP contribution in [0.4, 0.5) is 0 Å². The molecule has 2 aromatic carbocycles. The normalized spacial score (nSPS) is 18.3. The predicted octanol–water partition coefficient (Wildman–Crippen LogP) is 3.17. The number of nitrogens with zero attached hydrogens (tertiary/aromatic N) is 2. The second kappa shape index (κ2) is 9.92. The fraction of sp³-hybridized carbons (Fsp3) is 0.478. The molecule has 1 heterocycles. The first-order valence-electron chi connectivity index (χ1n) is 10.2. The third-order valence-electron chi connectivity index (χ3n) is 5.39. The highest BCUT2D eigenvalue weighted by Gasteiger charge is 2.26. The van der Waals surface area contributed by atoms with Gasteiger partial charge in [-0.1, -0.05) is 35.9 Å². The van der Waals surface area contributed by atoms with Gasteiger partial charge >= 0.3 is 0 Å². The van der Waals surface area contributed by atoms with Gasteiger partial charge in [0.05, 0.1) is 6.61 Å². The van der Waals surface area contributed by atoms with Crippen molar-refractivity contribution in [3.05, 3.63) is 59.2 Å². The molecule has 152 valence electrons. The van der Waals surface area contributed by atoms with Gasteiger partial charge in [-0.05, 0) is 43.5 Å². The van der Waals surface area contributed by atoms with Crippen molar-refractivity contribution in [2.24, 2.45) is 0 Å². The molecule has 2 aromatic rings. The molecule has 1 atom stereocenters. The van der Waals surface area contributed by atoms with Crippen LogP contribution in [0.15, 0.2) is 42.5 Å². The minimum atomic E-state index is 0.187. The zero-order valence-corrected chi connectivity index (χ0v) is 17.0. The second-order valence-corrected chi connectivity index (χ2v) is 7.59. The molecule has 0 aliphatic carbocycles. The number of benzene rings is 2. The Hall–Kier alpha value is -2.08. The van der Waals surface area contributed by atoms with E-state index in [1.54, 1.807) is 6.07 Å². The molecule has 5 nitrogen and oxygen atoms in total. The minimum Gasteiger partial charge on any atom is -0.504 e. The number of hydrogen-bond acceptors (Lipinski definition) is 5. The number of aliphatic hydroxyl groups excluding tert-OH is 1. The summed E-state index contributed by atoms with van der Waals surface area (Å²) in [6.07, 6.45) is 0.780. The molecule has 0 bridgehead atoms. The summed E-state index contributed by atoms with van der Waals surface area (Å²) in [6, 6.07) is 14.6. The number of piperazine rings is 1. The van der Waals surface area contributed by atoms with Crippen LogP contribution in [0, 0.1) is 6.92 Å². The third kappa shape index (κ3) is 5.47. The highest BCUT2D eigenvalue weighted by Crippen LogP contribution is 2.28. The zero-order valence-electron chi connectivity index (χ0n) is 17.0. The van der Waals surface area contributed by atoms with Crippen LogP contribution in [0.25, 0.3) is 0 Å². The van der Waals surface area contributed by atoms with Crippen molar-refractivity contribution in [2.75, 3.05) is 32.8 Å². The molecular weight excluding hydrogens is 352 g/mol. The van der Waals surface area contributed by atoms with Crippen LogP contribution in [0.5, 0.6) is 11.5 Å². The number of rotatable bonds is 8. The monoisotopic (exact) mass is 384 g/mol. The third-order valence-corrected chi connectivity index (χ3v) is 5.39. The van der Waals surface area contributed by atoms with Crippen molar-refractivity contribution in [3.63, 3.8) is 0 Å². The van der Waals surface area contributed by atoms with Gasteiger partial charge in [-0.2, -0.15) is 0 Å². The standard InChI is InChI=1S/C23H32N2O3/c1-3-28-23-14-20(8-9-22(23)27)15-24-11-12-25(21(17-24)10-13-26)16-19-6-4-18(2)5-7-19/h4-9,14,21,26-27H,3,10-13,15-17H2,1-2H3. The summed E-state index contributed by atoms with van der Waals surface area (Å²) in [5.41, 5.74) is 3.73. The van der Waals surface area contributed by atoms with E-state index in [2.05, 4.69) is 41.0 Å². The number of phenolic OH excluding ortho intramolecular Hbond substituents is 1. The van der Waals surface area contributed by atoms with Gasteiger partial charge in [0, 0.05) is 45.4 Å². The number of aliphatic hydroxyl groups is 1. The van der Waals surface area contributed by atoms with Crippen LogP contribution in [-0.4, -0.2) is 58.9 Å². The van der Waals surface area contributed by atoms with Crippen molar-refractivity contribution in [1.29, 1.82) is 0 Å². The van der Waals surface area contributed by atoms with Gasteiger partial charge in [0.15, 0.2) is 11.5 Å². The van der Waals surface area contributed by atoms with E-state index < -0.39 is 0 Å². The number of ether oxygens (including phenoxy) is 1. The molecule has 0 aromatic heterocycles. The van der Waals surface area contributed by atoms with Crippen molar-refractivity contribution in [1.82, 2.24) is 9.80 Å². The van der Waals surface area contributed by atoms with E-state index in [4.69, 9.17) is 4.74 Å². The molecule has 0 spiro atoms. The van der Waals surface area contributed by atoms with Gasteiger partial charge in [-0.15, -0.1) is 0 Å². The molecule has 1 aliphatic heterocycles. The van der Waals surface area contributed by atoms with E-state index in [0.717, 1.165) is 44.7 Å². The van der Waals surface area contributed by atoms with Gasteiger partial charge in [0.2, 0.25) is 0 Å². The van der Waals surface area contributed by atoms with Crippen LogP contribution in [0.3, 0.4) is 0 Å². The van der Waals surface area contributed by atoms with E-state index in [0.29, 0.717) is 18.4 Å². The Bertz CT molecular complexity index is 748. The molecule has 5 heteroatoms. The van der Waals surface area contributed by atoms with Crippen LogP contribution >= 0.6 is 0 Å². The molecule has 1 unspecified atom stereocenters. The fourth-order valence-electron chi connectivity index (χ4n) is 3.85. The molecule has 0 saturated carbocycles. The zero-order chi connectivity index (χ0) is 19.9. The summed E-state index contributed by atoms with van der Waals surface area (Å²) in [7, 11) is 0. The molecule has 0 amide bonds. The van der Waals surface area contributed by atoms with Crippen LogP contribution in [0.1, 0.15) is 30.0 Å². The molecular formula is C23H32N2O3. The average Bonchev–Trinajstić information content (AvgIpc) is 2.68. The highest BCUT2D eigenvalue weighted by molar-refractivity contribution is 5.41. The number of aryl methyl sites for hydroxylation is 1. The first kappa shape index (κ1) is 20.6. The molecule has 28 heavy (non-hydrogen) atoms. The molecule has 1 saturated heterocycles. The lowest BCUT2D eigenvalue weighted by Crippen LogP contribution is -2.52. The fourth-order valence-corrected chi connectivity index (χ4v) is 3.85. The smallest absolute Gasteiger partial charge is 0.161 e. The van der Waals surface area contributed by atoms with Crippen LogP contribution in [0.2, 0.25) is 0 Å². The minimum absolute atomic E-state index is 0.187. The summed E-state index contributed by atoms with van der Waals surface area (Å²) in [5, 5.41) is 19.5. The first-order valence-corrected chi connectivity index (χ1v) is 10.2. The molecule has 0 radical (unpaired) electrons. The SMILES string of the molecule is CCOc1cc(CN2CCN(Cc3ccc(C)cc3)C(CCO)C2)ccc1O. The van der Waals surface area contributed by atoms with E-state index in [9.17, 15) is 10.2 Å². The maximum atomic E-state index is 9.90. The second-order valence-electron chi connectivity index (χ2n) is 7.59. The topological polar surface area (TPSA) is 56.2 Å². The molecule has 1 fully saturated rings. The van der Waals surface area contributed by atoms with Gasteiger partial charge in [-0.3, -0.25) is 9.80 Å². The largest absolute Gasteiger partial charge is 0.504 e. The summed E-state index contributed by atoms with van der Waals surface area (Å²) in [4.78, 5) is 4.91. The summed E-state index contributed by atoms with van der Waals surface area (Å²) >= 11 is 0. The Labute approximate surface area is 168 Å². The lowest BCUT2D eigenvalue weighted by Gasteiger charge is -2.41. The van der Waals surface area contributed by atoms with Gasteiger partial charge in [0.25, 0.3) is 0 Å². The number of hydrogen-bond donors (Lipinski definition) is 2. The van der Waals surface area contributed by atoms with E-state index >= 15 is 0 Å². The van der Waals surface area contributed by atoms with Crippen molar-refractivity contribution in [3.8, 4) is 11.5 Å². The van der Waals surface area contributed by atoms with Crippen molar-refractivity contribution in [2.45, 2.75) is 39.4 Å². The first-order chi connectivity index (χ1) is 13.6. The Kier molecular flexibility index (Phi) is 7.31. The maximum absolute atomic E-state index is 9.90. The van der Waals surface area contributed by atoms with Crippen molar-refractivity contribution < 1.29 is 14.9 Å². The van der Waals surface area contributed by atoms with E-state index in [1.165, 1.54) is 11.1 Å². The van der Waals surface area contributed by atoms with Gasteiger partial charge in [-0.25, -0.2) is 0 Å². The van der Waals surface area contributed by atoms with Crippen LogP contribution < -0.4 is 4.74 Å². The molecule has 2 N–H and O–H groups in total. The number of phenols is 1. The summed E-state index contributed by atoms with van der Waals surface area (Å²) in [6.45, 7) is 9.40. The summed E-state index contributed by atoms with van der Waals surface area (Å²) in [5.74, 6) is 0.733. The quantitative estimate of drug-likeness (QED) is 0.732. The average molecular weight is 385 g/mol. The highest BCUT2D eigenvalue weighted by atomic mass is 16.5. The summed E-state index contributed by atoms with van der Waals surface area (Å²) < 4.78 is 5.51. The van der Waals surface area contributed by atoms with Crippen molar-refractivity contribution >= 4 is 0 Å². The Balaban J connectivity index is 1.63. The molecule has 1 aliphatic rings. The lowest BCUT2D eigenvalue weighted by atomic mass is 10.1. The predicted molar refractivity (Wildman–Crippen MR) is 112 cm³/mol. The Morgan fingerprint density at radius 3 is 2.50 bits per heavy atom. The van der Waals surface area contributed by atoms with Gasteiger partial charge in [0.1, 0.15) is 0 Å². The van der Waals surface area contributed by atoms with Crippen LogP contribution in [-0.2, 0) is 13.1 Å². The maximum Gasteiger partial charge on any atom is 0.161 e. The number of aromatic hydroxyl groups is 1. The Morgan fingerprint density at radius 2 is 1.79 bits per heavy atom. The van der Waals surface area contributed by atoms with Gasteiger partial charge < -0.3 is 14.9 Å². The molecule has 3 rings (SSSR count). The lowest BCUT2D eigenvalue weighted by molar-refractivity contribution is 0.0499. The Morgan fingerprint density at radius 1 is 1.04 bits per heavy atom.